The van der Waals surface area contributed by atoms with E-state index in [0.717, 1.165) is 19.2 Å². The molecule has 0 unspecified atom stereocenters. The molecule has 1 heterocycles. The predicted octanol–water partition coefficient (Wildman–Crippen LogP) is 3.32. The van der Waals surface area contributed by atoms with Crippen LogP contribution in [0.5, 0.6) is 0 Å². The molecule has 1 aliphatic heterocycles. The molecule has 10 heteroatoms. The third-order valence-corrected chi connectivity index (χ3v) is 7.31. The molecule has 0 aromatic heterocycles. The zero-order chi connectivity index (χ0) is 23.1. The number of hydrogen-bond donors (Lipinski definition) is 0. The number of sulfonamides is 1. The van der Waals surface area contributed by atoms with Gasteiger partial charge in [0.1, 0.15) is 5.82 Å². The van der Waals surface area contributed by atoms with Crippen LogP contribution >= 0.6 is 11.6 Å². The van der Waals surface area contributed by atoms with Crippen molar-refractivity contribution in [2.75, 3.05) is 50.0 Å². The van der Waals surface area contributed by atoms with Crippen molar-refractivity contribution in [3.05, 3.63) is 64.4 Å². The molecule has 0 amide bonds. The summed E-state index contributed by atoms with van der Waals surface area (Å²) in [5.74, 6) is -1.17. The van der Waals surface area contributed by atoms with Gasteiger partial charge in [-0.15, -0.1) is 0 Å². The van der Waals surface area contributed by atoms with Gasteiger partial charge in [0.05, 0.1) is 48.9 Å². The van der Waals surface area contributed by atoms with Crippen molar-refractivity contribution in [1.82, 2.24) is 4.90 Å². The summed E-state index contributed by atoms with van der Waals surface area (Å²) in [7, 11) is -2.44. The van der Waals surface area contributed by atoms with E-state index in [1.807, 2.05) is 0 Å². The highest BCUT2D eigenvalue weighted by molar-refractivity contribution is 7.92. The number of carbonyl (C=O) groups is 1. The van der Waals surface area contributed by atoms with Crippen molar-refractivity contribution in [3.8, 4) is 0 Å². The lowest BCUT2D eigenvalue weighted by Crippen LogP contribution is -2.38. The number of methoxy groups -OCH3 is 1. The summed E-state index contributed by atoms with van der Waals surface area (Å²) in [5, 5.41) is -0.156. The molecule has 0 bridgehead atoms. The molecule has 2 aromatic rings. The van der Waals surface area contributed by atoms with Crippen LogP contribution in [0, 0.1) is 5.82 Å². The highest BCUT2D eigenvalue weighted by Crippen LogP contribution is 2.27. The Morgan fingerprint density at radius 3 is 2.50 bits per heavy atom. The van der Waals surface area contributed by atoms with E-state index in [1.54, 1.807) is 24.3 Å². The number of nitrogens with zero attached hydrogens (tertiary/aromatic N) is 2. The second kappa shape index (κ2) is 11.1. The lowest BCUT2D eigenvalue weighted by atomic mass is 10.1. The first-order valence-electron chi connectivity index (χ1n) is 10.2. The van der Waals surface area contributed by atoms with Crippen LogP contribution in [-0.4, -0.2) is 65.0 Å². The average molecular weight is 485 g/mol. The molecule has 0 saturated carbocycles. The predicted molar refractivity (Wildman–Crippen MR) is 121 cm³/mol. The molecular weight excluding hydrogens is 459 g/mol. The second-order valence-electron chi connectivity index (χ2n) is 7.42. The molecule has 1 fully saturated rings. The summed E-state index contributed by atoms with van der Waals surface area (Å²) in [5.41, 5.74) is 1.30. The van der Waals surface area contributed by atoms with Gasteiger partial charge in [0.2, 0.25) is 10.0 Å². The summed E-state index contributed by atoms with van der Waals surface area (Å²) >= 11 is 5.92. The van der Waals surface area contributed by atoms with Gasteiger partial charge in [0.25, 0.3) is 0 Å². The highest BCUT2D eigenvalue weighted by Gasteiger charge is 2.24. The number of halogens is 2. The van der Waals surface area contributed by atoms with Gasteiger partial charge >= 0.3 is 5.97 Å². The van der Waals surface area contributed by atoms with Gasteiger partial charge in [0, 0.05) is 13.1 Å². The fourth-order valence-corrected chi connectivity index (χ4v) is 5.10. The normalized spacial score (nSPS) is 14.8. The fraction of sp³-hybridized carbons (Fsp3) is 0.409. The first-order valence-corrected chi connectivity index (χ1v) is 12.2. The molecule has 0 radical (unpaired) electrons. The van der Waals surface area contributed by atoms with Crippen LogP contribution in [0.25, 0.3) is 0 Å². The van der Waals surface area contributed by atoms with Gasteiger partial charge in [0.15, 0.2) is 0 Å². The quantitative estimate of drug-likeness (QED) is 0.508. The average Bonchev–Trinajstić information content (AvgIpc) is 2.80. The van der Waals surface area contributed by atoms with E-state index in [2.05, 4.69) is 4.90 Å². The van der Waals surface area contributed by atoms with Crippen molar-refractivity contribution < 1.29 is 27.1 Å². The van der Waals surface area contributed by atoms with Crippen LogP contribution in [-0.2, 0) is 26.0 Å². The summed E-state index contributed by atoms with van der Waals surface area (Å²) in [6.45, 7) is 3.52. The number of hydrogen-bond acceptors (Lipinski definition) is 6. The smallest absolute Gasteiger partial charge is 0.337 e. The minimum Gasteiger partial charge on any atom is -0.465 e. The number of morpholine rings is 1. The highest BCUT2D eigenvalue weighted by atomic mass is 35.5. The molecule has 3 rings (SSSR count). The minimum absolute atomic E-state index is 0.0172. The number of rotatable bonds is 9. The molecule has 174 valence electrons. The second-order valence-corrected chi connectivity index (χ2v) is 9.84. The standard InChI is InChI=1S/C22H26ClFN2O5S/c1-30-22(27)18-5-3-17(4-6-18)16-26(19-7-8-21(24)20(23)15-19)32(28,29)14-2-9-25-10-12-31-13-11-25/h3-8,15H,2,9-14,16H2,1H3. The van der Waals surface area contributed by atoms with E-state index in [0.29, 0.717) is 37.3 Å². The third kappa shape index (κ3) is 6.41. The van der Waals surface area contributed by atoms with Crippen LogP contribution in [0.15, 0.2) is 42.5 Å². The summed E-state index contributed by atoms with van der Waals surface area (Å²) in [4.78, 5) is 13.8. The van der Waals surface area contributed by atoms with Gasteiger partial charge in [-0.2, -0.15) is 0 Å². The van der Waals surface area contributed by atoms with Crippen molar-refractivity contribution >= 4 is 33.3 Å². The Hall–Kier alpha value is -2.20. The van der Waals surface area contributed by atoms with Gasteiger partial charge in [-0.1, -0.05) is 23.7 Å². The third-order valence-electron chi connectivity index (χ3n) is 5.21. The number of anilines is 1. The van der Waals surface area contributed by atoms with Crippen LogP contribution < -0.4 is 4.31 Å². The zero-order valence-electron chi connectivity index (χ0n) is 17.8. The lowest BCUT2D eigenvalue weighted by molar-refractivity contribution is 0.0381. The number of ether oxygens (including phenoxy) is 2. The topological polar surface area (TPSA) is 76.2 Å². The maximum absolute atomic E-state index is 13.7. The molecule has 0 N–H and O–H groups in total. The van der Waals surface area contributed by atoms with Crippen molar-refractivity contribution in [2.45, 2.75) is 13.0 Å². The van der Waals surface area contributed by atoms with Crippen molar-refractivity contribution in [1.29, 1.82) is 0 Å². The Bertz CT molecular complexity index is 1030. The zero-order valence-corrected chi connectivity index (χ0v) is 19.4. The Labute approximate surface area is 192 Å². The molecular formula is C22H26ClFN2O5S. The van der Waals surface area contributed by atoms with Crippen LogP contribution in [0.3, 0.4) is 0 Å². The van der Waals surface area contributed by atoms with E-state index >= 15 is 0 Å². The summed E-state index contributed by atoms with van der Waals surface area (Å²) < 4.78 is 51.5. The molecule has 1 saturated heterocycles. The first kappa shape index (κ1) is 24.4. The SMILES string of the molecule is COC(=O)c1ccc(CN(c2ccc(F)c(Cl)c2)S(=O)(=O)CCCN2CCOCC2)cc1. The molecule has 1 aliphatic rings. The summed E-state index contributed by atoms with van der Waals surface area (Å²) in [6, 6.07) is 10.3. The molecule has 0 atom stereocenters. The van der Waals surface area contributed by atoms with E-state index in [9.17, 15) is 17.6 Å². The molecule has 32 heavy (non-hydrogen) atoms. The number of esters is 1. The van der Waals surface area contributed by atoms with Gasteiger partial charge in [-0.25, -0.2) is 17.6 Å². The monoisotopic (exact) mass is 484 g/mol. The Morgan fingerprint density at radius 2 is 1.88 bits per heavy atom. The van der Waals surface area contributed by atoms with Crippen molar-refractivity contribution in [2.24, 2.45) is 0 Å². The lowest BCUT2D eigenvalue weighted by Gasteiger charge is -2.28. The van der Waals surface area contributed by atoms with E-state index in [1.165, 1.54) is 23.5 Å². The Kier molecular flexibility index (Phi) is 8.47. The van der Waals surface area contributed by atoms with Gasteiger partial charge in [-0.3, -0.25) is 9.21 Å². The maximum Gasteiger partial charge on any atom is 0.337 e. The van der Waals surface area contributed by atoms with Gasteiger partial charge < -0.3 is 9.47 Å². The molecule has 0 spiro atoms. The van der Waals surface area contributed by atoms with Crippen LogP contribution in [0.2, 0.25) is 5.02 Å². The minimum atomic E-state index is -3.73. The van der Waals surface area contributed by atoms with Crippen molar-refractivity contribution in [3.63, 3.8) is 0 Å². The largest absolute Gasteiger partial charge is 0.465 e. The fourth-order valence-electron chi connectivity index (χ4n) is 3.43. The van der Waals surface area contributed by atoms with E-state index < -0.39 is 21.8 Å². The number of carbonyl (C=O) groups excluding carboxylic acids is 1. The first-order chi connectivity index (χ1) is 15.3. The Balaban J connectivity index is 1.79. The van der Waals surface area contributed by atoms with Crippen LogP contribution in [0.1, 0.15) is 22.3 Å². The summed E-state index contributed by atoms with van der Waals surface area (Å²) in [6.07, 6.45) is 0.453. The number of benzene rings is 2. The van der Waals surface area contributed by atoms with E-state index in [4.69, 9.17) is 21.1 Å². The maximum atomic E-state index is 13.7. The molecule has 2 aromatic carbocycles. The molecule has 0 aliphatic carbocycles. The Morgan fingerprint density at radius 1 is 1.19 bits per heavy atom. The molecule has 7 nitrogen and oxygen atoms in total. The van der Waals surface area contributed by atoms with Gasteiger partial charge in [-0.05, 0) is 48.9 Å². The van der Waals surface area contributed by atoms with E-state index in [-0.39, 0.29) is 23.0 Å². The van der Waals surface area contributed by atoms with Crippen LogP contribution in [0.4, 0.5) is 10.1 Å².